The Morgan fingerprint density at radius 2 is 1.82 bits per heavy atom. The fourth-order valence-corrected chi connectivity index (χ4v) is 5.33. The number of rotatable bonds is 11. The number of halogens is 3. The maximum absolute atomic E-state index is 13.0. The number of carbonyl (C=O) groups is 1. The topological polar surface area (TPSA) is 95.9 Å². The van der Waals surface area contributed by atoms with Gasteiger partial charge in [-0.05, 0) is 55.1 Å². The van der Waals surface area contributed by atoms with E-state index in [9.17, 15) is 31.3 Å². The Morgan fingerprint density at radius 3 is 2.50 bits per heavy atom. The van der Waals surface area contributed by atoms with Crippen LogP contribution in [0.1, 0.15) is 47.6 Å². The molecule has 1 aliphatic rings. The molecule has 34 heavy (non-hydrogen) atoms. The van der Waals surface area contributed by atoms with E-state index in [1.807, 2.05) is 12.1 Å². The Hall–Kier alpha value is -2.63. The van der Waals surface area contributed by atoms with Crippen LogP contribution in [0.4, 0.5) is 13.2 Å². The van der Waals surface area contributed by atoms with E-state index in [2.05, 4.69) is 26.9 Å². The summed E-state index contributed by atoms with van der Waals surface area (Å²) in [5, 5.41) is 2.47. The Morgan fingerprint density at radius 1 is 1.09 bits per heavy atom. The van der Waals surface area contributed by atoms with Crippen molar-refractivity contribution in [3.63, 3.8) is 0 Å². The molecule has 0 saturated heterocycles. The number of hydrogen-bond acceptors (Lipinski definition) is 6. The summed E-state index contributed by atoms with van der Waals surface area (Å²) in [5.41, 5.74) is 0.930. The first-order chi connectivity index (χ1) is 16.2. The maximum Gasteiger partial charge on any atom is 0.416 e. The van der Waals surface area contributed by atoms with Gasteiger partial charge in [-0.1, -0.05) is 35.9 Å². The Labute approximate surface area is 196 Å². The third kappa shape index (κ3) is 6.49. The van der Waals surface area contributed by atoms with Crippen LogP contribution in [0.3, 0.4) is 0 Å². The number of hydrogen-bond donors (Lipinski definition) is 1. The molecular weight excluding hydrogens is 471 g/mol. The summed E-state index contributed by atoms with van der Waals surface area (Å²) in [5.74, 6) is 0. The lowest BCUT2D eigenvalue weighted by Crippen LogP contribution is -2.31. The molecule has 184 valence electrons. The van der Waals surface area contributed by atoms with Crippen LogP contribution in [0.2, 0.25) is 0 Å². The third-order valence-corrected chi connectivity index (χ3v) is 7.38. The van der Waals surface area contributed by atoms with Gasteiger partial charge < -0.3 is 4.79 Å². The fourth-order valence-electron chi connectivity index (χ4n) is 4.02. The molecule has 0 fully saturated rings. The summed E-state index contributed by atoms with van der Waals surface area (Å²) < 4.78 is 66.8. The standard InChI is InChI=1S/C23H26F3N3O4S/c24-23(25,26)19-8-9-22(20(14-19)21(16-30)28-31)34(32,33)27-11-4-1-5-12-29-13-10-17-6-2-3-7-18(17)15-29/h2-3,6-9,14,16,21,27H,1,4-5,10-13,15H2. The molecule has 3 rings (SSSR count). The molecule has 0 aromatic heterocycles. The minimum Gasteiger partial charge on any atom is -0.300 e. The van der Waals surface area contributed by atoms with Gasteiger partial charge in [-0.15, -0.1) is 4.91 Å². The summed E-state index contributed by atoms with van der Waals surface area (Å²) in [6.07, 6.45) is -1.59. The van der Waals surface area contributed by atoms with Crippen molar-refractivity contribution in [1.82, 2.24) is 9.62 Å². The second-order valence-corrected chi connectivity index (χ2v) is 9.93. The van der Waals surface area contributed by atoms with Gasteiger partial charge in [0.1, 0.15) is 0 Å². The van der Waals surface area contributed by atoms with Gasteiger partial charge in [0.05, 0.1) is 10.5 Å². The first-order valence-electron chi connectivity index (χ1n) is 10.9. The van der Waals surface area contributed by atoms with Crippen LogP contribution in [0.25, 0.3) is 0 Å². The van der Waals surface area contributed by atoms with Gasteiger partial charge in [-0.3, -0.25) is 4.90 Å². The van der Waals surface area contributed by atoms with Gasteiger partial charge in [-0.2, -0.15) is 13.2 Å². The van der Waals surface area contributed by atoms with E-state index in [-0.39, 0.29) is 12.8 Å². The number of fused-ring (bicyclic) bond motifs is 1. The van der Waals surface area contributed by atoms with E-state index < -0.39 is 38.3 Å². The zero-order valence-electron chi connectivity index (χ0n) is 18.4. The number of sulfonamides is 1. The first kappa shape index (κ1) is 26.0. The largest absolute Gasteiger partial charge is 0.416 e. The van der Waals surface area contributed by atoms with Crippen LogP contribution in [-0.4, -0.2) is 39.2 Å². The molecule has 0 radical (unpaired) electrons. The highest BCUT2D eigenvalue weighted by atomic mass is 32.2. The molecule has 0 amide bonds. The Bertz CT molecular complexity index is 1110. The average molecular weight is 498 g/mol. The fraction of sp³-hybridized carbons (Fsp3) is 0.435. The minimum atomic E-state index is -4.77. The molecule has 1 heterocycles. The zero-order chi connectivity index (χ0) is 24.8. The number of alkyl halides is 3. The van der Waals surface area contributed by atoms with Crippen molar-refractivity contribution < 1.29 is 26.4 Å². The van der Waals surface area contributed by atoms with E-state index in [0.29, 0.717) is 18.6 Å². The lowest BCUT2D eigenvalue weighted by atomic mass is 10.00. The number of unbranched alkanes of at least 4 members (excludes halogenated alkanes) is 2. The van der Waals surface area contributed by atoms with Crippen LogP contribution >= 0.6 is 0 Å². The van der Waals surface area contributed by atoms with Crippen molar-refractivity contribution >= 4 is 16.3 Å². The number of nitroso groups, excluding NO2 is 1. The molecule has 0 aliphatic carbocycles. The number of carbonyl (C=O) groups excluding carboxylic acids is 1. The molecule has 1 atom stereocenters. The minimum absolute atomic E-state index is 0.0144. The van der Waals surface area contributed by atoms with Crippen LogP contribution in [0, 0.1) is 4.91 Å². The van der Waals surface area contributed by atoms with Crippen LogP contribution in [-0.2, 0) is 34.0 Å². The SMILES string of the molecule is O=CC(N=O)c1cc(C(F)(F)F)ccc1S(=O)(=O)NCCCCCN1CCc2ccccc2C1. The predicted molar refractivity (Wildman–Crippen MR) is 121 cm³/mol. The summed E-state index contributed by atoms with van der Waals surface area (Å²) in [7, 11) is -4.25. The second-order valence-electron chi connectivity index (χ2n) is 8.19. The van der Waals surface area contributed by atoms with E-state index >= 15 is 0 Å². The lowest BCUT2D eigenvalue weighted by Gasteiger charge is -2.28. The molecule has 0 saturated carbocycles. The maximum atomic E-state index is 13.0. The number of benzene rings is 2. The van der Waals surface area contributed by atoms with E-state index in [0.717, 1.165) is 45.0 Å². The van der Waals surface area contributed by atoms with E-state index in [1.165, 1.54) is 11.1 Å². The van der Waals surface area contributed by atoms with Crippen molar-refractivity contribution in [3.8, 4) is 0 Å². The van der Waals surface area contributed by atoms with Crippen molar-refractivity contribution in [3.05, 3.63) is 69.6 Å². The highest BCUT2D eigenvalue weighted by molar-refractivity contribution is 7.89. The van der Waals surface area contributed by atoms with Crippen LogP contribution in [0.15, 0.2) is 52.5 Å². The summed E-state index contributed by atoms with van der Waals surface area (Å²) >= 11 is 0. The molecule has 7 nitrogen and oxygen atoms in total. The van der Waals surface area contributed by atoms with Crippen LogP contribution < -0.4 is 4.72 Å². The molecule has 0 bridgehead atoms. The molecule has 1 unspecified atom stereocenters. The van der Waals surface area contributed by atoms with E-state index in [4.69, 9.17) is 0 Å². The smallest absolute Gasteiger partial charge is 0.300 e. The van der Waals surface area contributed by atoms with Gasteiger partial charge in [-0.25, -0.2) is 13.1 Å². The lowest BCUT2D eigenvalue weighted by molar-refractivity contribution is -0.137. The number of nitrogens with zero attached hydrogens (tertiary/aromatic N) is 2. The van der Waals surface area contributed by atoms with Crippen molar-refractivity contribution in [2.75, 3.05) is 19.6 Å². The van der Waals surface area contributed by atoms with Crippen molar-refractivity contribution in [1.29, 1.82) is 0 Å². The molecule has 0 spiro atoms. The van der Waals surface area contributed by atoms with Crippen LogP contribution in [0.5, 0.6) is 0 Å². The second kappa shape index (κ2) is 11.2. The quantitative estimate of drug-likeness (QED) is 0.285. The highest BCUT2D eigenvalue weighted by Crippen LogP contribution is 2.34. The number of aldehydes is 1. The Kier molecular flexibility index (Phi) is 8.56. The van der Waals surface area contributed by atoms with Gasteiger partial charge >= 0.3 is 6.18 Å². The summed E-state index contributed by atoms with van der Waals surface area (Å²) in [6, 6.07) is 8.30. The normalized spacial score (nSPS) is 15.5. The number of nitrogens with one attached hydrogen (secondary N) is 1. The molecule has 2 aromatic carbocycles. The summed E-state index contributed by atoms with van der Waals surface area (Å²) in [4.78, 5) is 23.8. The van der Waals surface area contributed by atoms with Gasteiger partial charge in [0.2, 0.25) is 10.0 Å². The zero-order valence-corrected chi connectivity index (χ0v) is 19.2. The summed E-state index contributed by atoms with van der Waals surface area (Å²) in [6.45, 7) is 2.83. The van der Waals surface area contributed by atoms with Gasteiger partial charge in [0.25, 0.3) is 0 Å². The predicted octanol–water partition coefficient (Wildman–Crippen LogP) is 4.22. The highest BCUT2D eigenvalue weighted by Gasteiger charge is 2.34. The molecule has 1 N–H and O–H groups in total. The van der Waals surface area contributed by atoms with Crippen molar-refractivity contribution in [2.24, 2.45) is 5.18 Å². The molecule has 2 aromatic rings. The molecule has 11 heteroatoms. The van der Waals surface area contributed by atoms with Gasteiger partial charge in [0.15, 0.2) is 12.3 Å². The van der Waals surface area contributed by atoms with E-state index in [1.54, 1.807) is 0 Å². The molecular formula is C23H26F3N3O4S. The third-order valence-electron chi connectivity index (χ3n) is 5.84. The Balaban J connectivity index is 1.54. The first-order valence-corrected chi connectivity index (χ1v) is 12.4. The van der Waals surface area contributed by atoms with Gasteiger partial charge in [0, 0.05) is 25.2 Å². The molecule has 1 aliphatic heterocycles. The monoisotopic (exact) mass is 497 g/mol. The average Bonchev–Trinajstić information content (AvgIpc) is 2.81. The van der Waals surface area contributed by atoms with Crippen molar-refractivity contribution in [2.45, 2.75) is 49.3 Å².